The average molecular weight is 276 g/mol. The van der Waals surface area contributed by atoms with Gasteiger partial charge in [0.15, 0.2) is 0 Å². The zero-order valence-electron chi connectivity index (χ0n) is 9.82. The Morgan fingerprint density at radius 1 is 1.33 bits per heavy atom. The molecule has 18 heavy (non-hydrogen) atoms. The van der Waals surface area contributed by atoms with Crippen LogP contribution in [0.5, 0.6) is 0 Å². The molecular formula is C11H16O6S. The minimum Gasteiger partial charge on any atom is -0.459 e. The monoisotopic (exact) mass is 276 g/mol. The fourth-order valence-electron chi connectivity index (χ4n) is 3.62. The van der Waals surface area contributed by atoms with Crippen LogP contribution in [-0.2, 0) is 24.4 Å². The van der Waals surface area contributed by atoms with E-state index in [-0.39, 0.29) is 18.6 Å². The van der Waals surface area contributed by atoms with E-state index in [1.807, 2.05) is 0 Å². The molecule has 1 aliphatic heterocycles. The van der Waals surface area contributed by atoms with Crippen molar-refractivity contribution < 1.29 is 27.2 Å². The maximum absolute atomic E-state index is 11.5. The van der Waals surface area contributed by atoms with Crippen LogP contribution in [0.25, 0.3) is 0 Å². The van der Waals surface area contributed by atoms with Gasteiger partial charge in [-0.2, -0.15) is 8.42 Å². The van der Waals surface area contributed by atoms with Gasteiger partial charge < -0.3 is 9.47 Å². The van der Waals surface area contributed by atoms with E-state index in [0.29, 0.717) is 17.8 Å². The van der Waals surface area contributed by atoms with Gasteiger partial charge in [0.25, 0.3) is 10.1 Å². The van der Waals surface area contributed by atoms with Crippen LogP contribution in [0.2, 0.25) is 0 Å². The molecule has 2 aliphatic carbocycles. The predicted molar refractivity (Wildman–Crippen MR) is 60.4 cm³/mol. The van der Waals surface area contributed by atoms with Crippen molar-refractivity contribution in [3.8, 4) is 0 Å². The summed E-state index contributed by atoms with van der Waals surface area (Å²) in [6.45, 7) is 0.755. The second-order valence-electron chi connectivity index (χ2n) is 5.44. The van der Waals surface area contributed by atoms with Crippen LogP contribution < -0.4 is 0 Å². The molecule has 2 saturated carbocycles. The van der Waals surface area contributed by atoms with Crippen molar-refractivity contribution in [1.82, 2.24) is 0 Å². The maximum Gasteiger partial charge on any atom is 0.307 e. The van der Waals surface area contributed by atoms with Gasteiger partial charge >= 0.3 is 5.97 Å². The van der Waals surface area contributed by atoms with Gasteiger partial charge in [0.1, 0.15) is 6.10 Å². The molecule has 7 heteroatoms. The maximum atomic E-state index is 11.5. The summed E-state index contributed by atoms with van der Waals surface area (Å²) in [5.74, 6) is 0.336. The first-order chi connectivity index (χ1) is 8.44. The lowest BCUT2D eigenvalue weighted by Crippen LogP contribution is -2.36. The summed E-state index contributed by atoms with van der Waals surface area (Å²) in [6, 6.07) is 0. The normalized spacial score (nSPS) is 41.3. The molecule has 0 spiro atoms. The number of fused-ring (bicyclic) bond motifs is 1. The molecule has 2 bridgehead atoms. The Kier molecular flexibility index (Phi) is 2.87. The highest BCUT2D eigenvalue weighted by Crippen LogP contribution is 2.54. The molecule has 6 nitrogen and oxygen atoms in total. The summed E-state index contributed by atoms with van der Waals surface area (Å²) in [7, 11) is -4.11. The third-order valence-electron chi connectivity index (χ3n) is 4.33. The Hall–Kier alpha value is -0.660. The lowest BCUT2D eigenvalue weighted by Gasteiger charge is -2.26. The number of hydrogen-bond acceptors (Lipinski definition) is 5. The van der Waals surface area contributed by atoms with Gasteiger partial charge in [-0.05, 0) is 30.6 Å². The number of ether oxygens (including phenoxy) is 2. The Bertz CT molecular complexity index is 456. The number of hydrogen-bond donors (Lipinski definition) is 1. The minimum absolute atomic E-state index is 0.00318. The van der Waals surface area contributed by atoms with Gasteiger partial charge in [0.2, 0.25) is 0 Å². The van der Waals surface area contributed by atoms with Crippen LogP contribution in [0, 0.1) is 17.8 Å². The fourth-order valence-corrected chi connectivity index (χ4v) is 4.04. The average Bonchev–Trinajstić information content (AvgIpc) is 2.85. The van der Waals surface area contributed by atoms with Crippen molar-refractivity contribution in [2.45, 2.75) is 31.5 Å². The van der Waals surface area contributed by atoms with Gasteiger partial charge in [0, 0.05) is 0 Å². The summed E-state index contributed by atoms with van der Waals surface area (Å²) in [4.78, 5) is 11.5. The molecule has 0 amide bonds. The van der Waals surface area contributed by atoms with Gasteiger partial charge in [-0.25, -0.2) is 0 Å². The van der Waals surface area contributed by atoms with Crippen molar-refractivity contribution in [2.75, 3.05) is 12.4 Å². The molecule has 1 N–H and O–H groups in total. The highest BCUT2D eigenvalue weighted by Gasteiger charge is 2.58. The Morgan fingerprint density at radius 2 is 2.11 bits per heavy atom. The first kappa shape index (κ1) is 12.4. The van der Waals surface area contributed by atoms with Crippen molar-refractivity contribution >= 4 is 16.1 Å². The SMILES string of the molecule is O=C(CCS(=O)(=O)O)OC1C2CC3COC1C3C2. The summed E-state index contributed by atoms with van der Waals surface area (Å²) in [5.41, 5.74) is 0. The third-order valence-corrected chi connectivity index (χ3v) is 5.05. The lowest BCUT2D eigenvalue weighted by atomic mass is 9.88. The molecule has 3 aliphatic rings. The first-order valence-electron chi connectivity index (χ1n) is 6.20. The van der Waals surface area contributed by atoms with E-state index in [1.54, 1.807) is 0 Å². The molecule has 5 atom stereocenters. The molecule has 1 heterocycles. The second kappa shape index (κ2) is 4.18. The van der Waals surface area contributed by atoms with Crippen molar-refractivity contribution in [2.24, 2.45) is 17.8 Å². The molecule has 0 aromatic rings. The third kappa shape index (κ3) is 2.15. The van der Waals surface area contributed by atoms with Gasteiger partial charge in [-0.15, -0.1) is 0 Å². The van der Waals surface area contributed by atoms with Gasteiger partial charge in [-0.3, -0.25) is 9.35 Å². The molecule has 0 radical (unpaired) electrons. The van der Waals surface area contributed by atoms with Crippen molar-refractivity contribution in [3.63, 3.8) is 0 Å². The van der Waals surface area contributed by atoms with E-state index >= 15 is 0 Å². The quantitative estimate of drug-likeness (QED) is 0.584. The summed E-state index contributed by atoms with van der Waals surface area (Å²) >= 11 is 0. The highest BCUT2D eigenvalue weighted by atomic mass is 32.2. The zero-order chi connectivity index (χ0) is 12.9. The number of carbonyl (C=O) groups excluding carboxylic acids is 1. The van der Waals surface area contributed by atoms with E-state index in [9.17, 15) is 13.2 Å². The minimum atomic E-state index is -4.11. The molecular weight excluding hydrogens is 260 g/mol. The van der Waals surface area contributed by atoms with Crippen LogP contribution in [0.15, 0.2) is 0 Å². The molecule has 102 valence electrons. The smallest absolute Gasteiger partial charge is 0.307 e. The molecule has 0 aromatic carbocycles. The number of carbonyl (C=O) groups is 1. The Morgan fingerprint density at radius 3 is 2.83 bits per heavy atom. The fraction of sp³-hybridized carbons (Fsp3) is 0.909. The Labute approximate surface area is 105 Å². The largest absolute Gasteiger partial charge is 0.459 e. The summed E-state index contributed by atoms with van der Waals surface area (Å²) < 4.78 is 40.7. The second-order valence-corrected chi connectivity index (χ2v) is 7.02. The van der Waals surface area contributed by atoms with Gasteiger partial charge in [-0.1, -0.05) is 0 Å². The van der Waals surface area contributed by atoms with Crippen LogP contribution in [0.4, 0.5) is 0 Å². The molecule has 3 rings (SSSR count). The molecule has 0 aromatic heterocycles. The topological polar surface area (TPSA) is 89.9 Å². The van der Waals surface area contributed by atoms with Crippen LogP contribution in [0.1, 0.15) is 19.3 Å². The van der Waals surface area contributed by atoms with Crippen LogP contribution >= 0.6 is 0 Å². The number of rotatable bonds is 4. The Balaban J connectivity index is 1.56. The molecule has 5 unspecified atom stereocenters. The van der Waals surface area contributed by atoms with E-state index < -0.39 is 21.8 Å². The van der Waals surface area contributed by atoms with Crippen molar-refractivity contribution in [1.29, 1.82) is 0 Å². The van der Waals surface area contributed by atoms with E-state index in [1.165, 1.54) is 0 Å². The molecule has 3 fully saturated rings. The predicted octanol–water partition coefficient (Wildman–Crippen LogP) is 0.231. The van der Waals surface area contributed by atoms with Crippen LogP contribution in [-0.4, -0.2) is 43.5 Å². The van der Waals surface area contributed by atoms with E-state index in [4.69, 9.17) is 14.0 Å². The zero-order valence-corrected chi connectivity index (χ0v) is 10.6. The lowest BCUT2D eigenvalue weighted by molar-refractivity contribution is -0.157. The number of esters is 1. The standard InChI is InChI=1S/C11H16O6S/c12-9(1-2-18(13,14)15)17-10-6-3-7-5-16-11(10)8(7)4-6/h6-8,10-11H,1-5H2,(H,13,14,15). The van der Waals surface area contributed by atoms with E-state index in [0.717, 1.165) is 19.4 Å². The van der Waals surface area contributed by atoms with Crippen LogP contribution in [0.3, 0.4) is 0 Å². The van der Waals surface area contributed by atoms with Gasteiger partial charge in [0.05, 0.1) is 24.9 Å². The summed E-state index contributed by atoms with van der Waals surface area (Å²) in [6.07, 6.45) is 1.57. The highest BCUT2D eigenvalue weighted by molar-refractivity contribution is 7.85. The van der Waals surface area contributed by atoms with Crippen molar-refractivity contribution in [3.05, 3.63) is 0 Å². The van der Waals surface area contributed by atoms with E-state index in [2.05, 4.69) is 0 Å². The summed E-state index contributed by atoms with van der Waals surface area (Å²) in [5, 5.41) is 0. The molecule has 1 saturated heterocycles. The first-order valence-corrected chi connectivity index (χ1v) is 7.81.